The van der Waals surface area contributed by atoms with Crippen molar-refractivity contribution in [3.63, 3.8) is 0 Å². The van der Waals surface area contributed by atoms with E-state index < -0.39 is 10.0 Å². The Morgan fingerprint density at radius 1 is 0.968 bits per heavy atom. The molecule has 0 saturated carbocycles. The van der Waals surface area contributed by atoms with Crippen molar-refractivity contribution in [1.29, 1.82) is 0 Å². The lowest BCUT2D eigenvalue weighted by atomic mass is 9.93. The van der Waals surface area contributed by atoms with Crippen LogP contribution in [-0.2, 0) is 14.8 Å². The van der Waals surface area contributed by atoms with Crippen molar-refractivity contribution in [2.24, 2.45) is 11.8 Å². The minimum absolute atomic E-state index is 0.0594. The Hall–Kier alpha value is -2.54. The van der Waals surface area contributed by atoms with Crippen LogP contribution in [0.2, 0.25) is 0 Å². The number of nitrogens with one attached hydrogen (secondary N) is 1. The molecular weight excluding hydrogens is 412 g/mol. The third-order valence-corrected chi connectivity index (χ3v) is 7.04. The Kier molecular flexibility index (Phi) is 8.12. The van der Waals surface area contributed by atoms with E-state index in [9.17, 15) is 13.2 Å². The second-order valence-electron chi connectivity index (χ2n) is 8.58. The number of hydrogen-bond donors (Lipinski definition) is 1. The molecular formula is C24H34N2O4S. The van der Waals surface area contributed by atoms with E-state index in [2.05, 4.69) is 5.32 Å². The average Bonchev–Trinajstić information content (AvgIpc) is 2.70. The molecule has 0 saturated heterocycles. The zero-order chi connectivity index (χ0) is 23.3. The van der Waals surface area contributed by atoms with E-state index in [0.717, 1.165) is 15.4 Å². The summed E-state index contributed by atoms with van der Waals surface area (Å²) in [6.07, 6.45) is 0. The van der Waals surface area contributed by atoms with Crippen LogP contribution in [0.5, 0.6) is 5.75 Å². The van der Waals surface area contributed by atoms with Crippen molar-refractivity contribution in [3.05, 3.63) is 53.6 Å². The Balaban J connectivity index is 2.52. The summed E-state index contributed by atoms with van der Waals surface area (Å²) < 4.78 is 33.8. The van der Waals surface area contributed by atoms with E-state index in [1.807, 2.05) is 47.6 Å². The zero-order valence-corrected chi connectivity index (χ0v) is 20.3. The highest BCUT2D eigenvalue weighted by Gasteiger charge is 2.31. The highest BCUT2D eigenvalue weighted by Crippen LogP contribution is 2.33. The molecule has 0 aromatic heterocycles. The number of aryl methyl sites for hydroxylation is 2. The van der Waals surface area contributed by atoms with Crippen LogP contribution in [0.3, 0.4) is 0 Å². The van der Waals surface area contributed by atoms with Gasteiger partial charge in [-0.3, -0.25) is 9.10 Å². The molecule has 2 rings (SSSR count). The molecule has 0 atom stereocenters. The van der Waals surface area contributed by atoms with Crippen molar-refractivity contribution in [3.8, 4) is 5.75 Å². The minimum atomic E-state index is -4.00. The van der Waals surface area contributed by atoms with E-state index >= 15 is 0 Å². The lowest BCUT2D eigenvalue weighted by molar-refractivity contribution is -0.121. The summed E-state index contributed by atoms with van der Waals surface area (Å²) in [5, 5.41) is 3.02. The first kappa shape index (κ1) is 24.7. The average molecular weight is 447 g/mol. The number of nitrogens with zero attached hydrogens (tertiary/aromatic N) is 1. The summed E-state index contributed by atoms with van der Waals surface area (Å²) in [6.45, 7) is 11.6. The molecule has 1 amide bonds. The smallest absolute Gasteiger partial charge is 0.264 e. The summed E-state index contributed by atoms with van der Waals surface area (Å²) in [7, 11) is -2.51. The van der Waals surface area contributed by atoms with Gasteiger partial charge in [-0.15, -0.1) is 0 Å². The molecule has 0 heterocycles. The molecule has 0 aliphatic rings. The van der Waals surface area contributed by atoms with Crippen LogP contribution in [0.15, 0.2) is 47.4 Å². The van der Waals surface area contributed by atoms with Crippen molar-refractivity contribution in [1.82, 2.24) is 5.32 Å². The molecule has 0 bridgehead atoms. The van der Waals surface area contributed by atoms with Gasteiger partial charge in [-0.25, -0.2) is 8.42 Å². The maximum Gasteiger partial charge on any atom is 0.264 e. The molecule has 0 spiro atoms. The van der Waals surface area contributed by atoms with Gasteiger partial charge in [0.1, 0.15) is 12.3 Å². The van der Waals surface area contributed by atoms with Crippen molar-refractivity contribution in [2.75, 3.05) is 18.0 Å². The summed E-state index contributed by atoms with van der Waals surface area (Å²) in [5.74, 6) is 0.476. The van der Waals surface area contributed by atoms with E-state index in [1.54, 1.807) is 36.4 Å². The second kappa shape index (κ2) is 10.2. The predicted octanol–water partition coefficient (Wildman–Crippen LogP) is 4.30. The van der Waals surface area contributed by atoms with Crippen molar-refractivity contribution in [2.45, 2.75) is 52.5 Å². The van der Waals surface area contributed by atoms with Gasteiger partial charge in [-0.1, -0.05) is 51.5 Å². The van der Waals surface area contributed by atoms with Gasteiger partial charge < -0.3 is 10.1 Å². The maximum atomic E-state index is 13.6. The topological polar surface area (TPSA) is 75.7 Å². The summed E-state index contributed by atoms with van der Waals surface area (Å²) in [5.41, 5.74) is 2.15. The molecule has 170 valence electrons. The number of benzene rings is 2. The summed E-state index contributed by atoms with van der Waals surface area (Å²) in [6, 6.07) is 11.8. The number of sulfonamides is 1. The maximum absolute atomic E-state index is 13.6. The number of anilines is 1. The number of carbonyl (C=O) groups is 1. The van der Waals surface area contributed by atoms with Gasteiger partial charge in [0.25, 0.3) is 10.0 Å². The Labute approximate surface area is 186 Å². The second-order valence-corrected chi connectivity index (χ2v) is 10.4. The monoisotopic (exact) mass is 446 g/mol. The van der Waals surface area contributed by atoms with Gasteiger partial charge >= 0.3 is 0 Å². The molecule has 0 radical (unpaired) electrons. The molecule has 31 heavy (non-hydrogen) atoms. The normalized spacial score (nSPS) is 11.8. The van der Waals surface area contributed by atoms with Crippen LogP contribution in [0, 0.1) is 25.7 Å². The fourth-order valence-corrected chi connectivity index (χ4v) is 5.02. The van der Waals surface area contributed by atoms with E-state index in [4.69, 9.17) is 4.74 Å². The number of methoxy groups -OCH3 is 1. The fraction of sp³-hybridized carbons (Fsp3) is 0.458. The molecule has 2 aromatic carbocycles. The van der Waals surface area contributed by atoms with Crippen LogP contribution >= 0.6 is 0 Å². The number of hydrogen-bond acceptors (Lipinski definition) is 4. The zero-order valence-electron chi connectivity index (χ0n) is 19.5. The lowest BCUT2D eigenvalue weighted by Gasteiger charge is -2.29. The Morgan fingerprint density at radius 3 is 2.03 bits per heavy atom. The molecule has 2 aromatic rings. The first-order chi connectivity index (χ1) is 14.5. The van der Waals surface area contributed by atoms with Crippen LogP contribution in [-0.4, -0.2) is 34.0 Å². The predicted molar refractivity (Wildman–Crippen MR) is 125 cm³/mol. The third kappa shape index (κ3) is 6.00. The van der Waals surface area contributed by atoms with Gasteiger partial charge in [0.05, 0.1) is 17.7 Å². The standard InChI is InChI=1S/C24H34N2O4S/c1-16(2)24(17(3)4)25-23(27)15-26(21-14-19(6)10-13-22(21)30-7)31(28,29)20-11-8-18(5)9-12-20/h8-14,16-17,24H,15H2,1-7H3,(H,25,27). The highest BCUT2D eigenvalue weighted by molar-refractivity contribution is 7.92. The highest BCUT2D eigenvalue weighted by atomic mass is 32.2. The minimum Gasteiger partial charge on any atom is -0.495 e. The number of rotatable bonds is 9. The van der Waals surface area contributed by atoms with E-state index in [1.165, 1.54) is 7.11 Å². The first-order valence-electron chi connectivity index (χ1n) is 10.5. The number of ether oxygens (including phenoxy) is 1. The van der Waals surface area contributed by atoms with Crippen LogP contribution in [0.25, 0.3) is 0 Å². The Bertz CT molecular complexity index is 991. The van der Waals surface area contributed by atoms with E-state index in [-0.39, 0.29) is 35.2 Å². The summed E-state index contributed by atoms with van der Waals surface area (Å²) >= 11 is 0. The van der Waals surface area contributed by atoms with Crippen LogP contribution < -0.4 is 14.4 Å². The van der Waals surface area contributed by atoms with Gasteiger partial charge in [0.2, 0.25) is 5.91 Å². The van der Waals surface area contributed by atoms with E-state index in [0.29, 0.717) is 11.4 Å². The van der Waals surface area contributed by atoms with Crippen LogP contribution in [0.4, 0.5) is 5.69 Å². The quantitative estimate of drug-likeness (QED) is 0.623. The third-order valence-electron chi connectivity index (χ3n) is 5.26. The molecule has 0 aliphatic heterocycles. The molecule has 0 fully saturated rings. The molecule has 1 N–H and O–H groups in total. The number of carbonyl (C=O) groups excluding carboxylic acids is 1. The van der Waals surface area contributed by atoms with Gasteiger partial charge in [-0.2, -0.15) is 0 Å². The SMILES string of the molecule is COc1ccc(C)cc1N(CC(=O)NC(C(C)C)C(C)C)S(=O)(=O)c1ccc(C)cc1. The van der Waals surface area contributed by atoms with Crippen LogP contribution in [0.1, 0.15) is 38.8 Å². The first-order valence-corrected chi connectivity index (χ1v) is 11.9. The Morgan fingerprint density at radius 2 is 1.52 bits per heavy atom. The molecule has 7 heteroatoms. The lowest BCUT2D eigenvalue weighted by Crippen LogP contribution is -2.48. The largest absolute Gasteiger partial charge is 0.495 e. The fourth-order valence-electron chi connectivity index (χ4n) is 3.60. The van der Waals surface area contributed by atoms with Gasteiger partial charge in [0.15, 0.2) is 0 Å². The van der Waals surface area contributed by atoms with Crippen molar-refractivity contribution < 1.29 is 17.9 Å². The molecule has 6 nitrogen and oxygen atoms in total. The number of amides is 1. The molecule has 0 unspecified atom stereocenters. The van der Waals surface area contributed by atoms with Gasteiger partial charge in [-0.05, 0) is 55.5 Å². The van der Waals surface area contributed by atoms with Gasteiger partial charge in [0, 0.05) is 6.04 Å². The van der Waals surface area contributed by atoms with Crippen molar-refractivity contribution >= 4 is 21.6 Å². The summed E-state index contributed by atoms with van der Waals surface area (Å²) in [4.78, 5) is 13.1. The molecule has 0 aliphatic carbocycles.